The zero-order valence-electron chi connectivity index (χ0n) is 17.5. The van der Waals surface area contributed by atoms with Gasteiger partial charge in [-0.1, -0.05) is 19.6 Å². The van der Waals surface area contributed by atoms with Gasteiger partial charge in [0.15, 0.2) is 0 Å². The molecule has 0 radical (unpaired) electrons. The molecule has 2 amide bonds. The molecule has 1 aromatic carbocycles. The van der Waals surface area contributed by atoms with Crippen LogP contribution in [0.25, 0.3) is 5.57 Å². The quantitative estimate of drug-likeness (QED) is 0.644. The Morgan fingerprint density at radius 1 is 1.31 bits per heavy atom. The minimum atomic E-state index is -0.429. The number of amides is 2. The fourth-order valence-electron chi connectivity index (χ4n) is 4.41. The van der Waals surface area contributed by atoms with Crippen molar-refractivity contribution < 1.29 is 9.59 Å². The number of allylic oxidation sites excluding steroid dienone is 2. The maximum absolute atomic E-state index is 12.1. The highest BCUT2D eigenvalue weighted by Gasteiger charge is 2.27. The number of anilines is 2. The van der Waals surface area contributed by atoms with E-state index in [-0.39, 0.29) is 11.9 Å². The van der Waals surface area contributed by atoms with E-state index in [1.165, 1.54) is 11.6 Å². The molecule has 1 aliphatic heterocycles. The first kappa shape index (κ1) is 21.0. The summed E-state index contributed by atoms with van der Waals surface area (Å²) in [6.07, 6.45) is 8.71. The fraction of sp³-hybridized carbons (Fsp3) is 0.478. The van der Waals surface area contributed by atoms with Crippen LogP contribution in [0.2, 0.25) is 0 Å². The Kier molecular flexibility index (Phi) is 6.62. The second-order valence-electron chi connectivity index (χ2n) is 8.10. The van der Waals surface area contributed by atoms with Crippen molar-refractivity contribution in [3.05, 3.63) is 42.0 Å². The highest BCUT2D eigenvalue weighted by atomic mass is 16.1. The summed E-state index contributed by atoms with van der Waals surface area (Å²) in [5.74, 6) is 0.107. The minimum Gasteiger partial charge on any atom is -0.387 e. The Bertz CT molecular complexity index is 830. The maximum atomic E-state index is 12.1. The summed E-state index contributed by atoms with van der Waals surface area (Å²) in [6.45, 7) is 7.46. The summed E-state index contributed by atoms with van der Waals surface area (Å²) in [6, 6.07) is 3.90. The van der Waals surface area contributed by atoms with Crippen LogP contribution in [0.1, 0.15) is 54.9 Å². The van der Waals surface area contributed by atoms with Crippen molar-refractivity contribution in [2.45, 2.75) is 45.1 Å². The molecule has 1 fully saturated rings. The largest absolute Gasteiger partial charge is 0.387 e. The van der Waals surface area contributed by atoms with Crippen LogP contribution >= 0.6 is 0 Å². The highest BCUT2D eigenvalue weighted by molar-refractivity contribution is 6.03. The Morgan fingerprint density at radius 3 is 2.72 bits per heavy atom. The average Bonchev–Trinajstić information content (AvgIpc) is 2.73. The number of hydrogen-bond donors (Lipinski definition) is 3. The van der Waals surface area contributed by atoms with E-state index in [1.54, 1.807) is 0 Å². The van der Waals surface area contributed by atoms with Gasteiger partial charge >= 0.3 is 0 Å². The number of benzene rings is 1. The molecule has 6 heteroatoms. The molecular formula is C23H32N4O2. The number of hydrogen-bond acceptors (Lipinski definition) is 4. The topological polar surface area (TPSA) is 87.5 Å². The summed E-state index contributed by atoms with van der Waals surface area (Å²) >= 11 is 0. The number of primary amides is 1. The minimum absolute atomic E-state index is 0.0799. The van der Waals surface area contributed by atoms with Crippen molar-refractivity contribution in [1.82, 2.24) is 5.32 Å². The van der Waals surface area contributed by atoms with E-state index in [0.717, 1.165) is 62.1 Å². The van der Waals surface area contributed by atoms with E-state index < -0.39 is 5.91 Å². The highest BCUT2D eigenvalue weighted by Crippen LogP contribution is 2.41. The second kappa shape index (κ2) is 9.16. The number of piperidine rings is 1. The van der Waals surface area contributed by atoms with E-state index in [9.17, 15) is 9.59 Å². The van der Waals surface area contributed by atoms with Crippen LogP contribution < -0.4 is 21.3 Å². The molecule has 1 aromatic rings. The normalized spacial score (nSPS) is 21.9. The van der Waals surface area contributed by atoms with Crippen LogP contribution in [0.15, 0.2) is 30.9 Å². The van der Waals surface area contributed by atoms with Gasteiger partial charge in [-0.3, -0.25) is 9.59 Å². The SMILES string of the molecule is C=CC(=O)NC1CCCN(c2ccc(C(N)=O)c(NC)c2C2=CCC(C)CC2)C1. The number of nitrogens with zero attached hydrogens (tertiary/aromatic N) is 1. The van der Waals surface area contributed by atoms with E-state index >= 15 is 0 Å². The molecule has 29 heavy (non-hydrogen) atoms. The van der Waals surface area contributed by atoms with Crippen molar-refractivity contribution in [3.63, 3.8) is 0 Å². The molecular weight excluding hydrogens is 364 g/mol. The predicted molar refractivity (Wildman–Crippen MR) is 119 cm³/mol. The lowest BCUT2D eigenvalue weighted by Crippen LogP contribution is -2.47. The van der Waals surface area contributed by atoms with Gasteiger partial charge in [-0.15, -0.1) is 0 Å². The van der Waals surface area contributed by atoms with Gasteiger partial charge in [0.1, 0.15) is 0 Å². The van der Waals surface area contributed by atoms with E-state index in [2.05, 4.69) is 35.1 Å². The van der Waals surface area contributed by atoms with Gasteiger partial charge in [0, 0.05) is 37.4 Å². The van der Waals surface area contributed by atoms with Crippen LogP contribution in [0.5, 0.6) is 0 Å². The van der Waals surface area contributed by atoms with Crippen molar-refractivity contribution in [2.75, 3.05) is 30.4 Å². The number of carbonyl (C=O) groups is 2. The first-order valence-electron chi connectivity index (χ1n) is 10.5. The van der Waals surface area contributed by atoms with Crippen LogP contribution in [0.3, 0.4) is 0 Å². The van der Waals surface area contributed by atoms with Gasteiger partial charge in [-0.25, -0.2) is 0 Å². The van der Waals surface area contributed by atoms with Gasteiger partial charge in [-0.2, -0.15) is 0 Å². The van der Waals surface area contributed by atoms with Gasteiger partial charge in [0.2, 0.25) is 5.91 Å². The molecule has 1 aliphatic carbocycles. The summed E-state index contributed by atoms with van der Waals surface area (Å²) < 4.78 is 0. The molecule has 0 spiro atoms. The third-order valence-electron chi connectivity index (χ3n) is 5.99. The number of nitrogens with two attached hydrogens (primary N) is 1. The van der Waals surface area contributed by atoms with Crippen LogP contribution in [-0.4, -0.2) is 38.0 Å². The molecule has 2 atom stereocenters. The molecule has 6 nitrogen and oxygen atoms in total. The average molecular weight is 397 g/mol. The van der Waals surface area contributed by atoms with E-state index in [4.69, 9.17) is 5.73 Å². The monoisotopic (exact) mass is 396 g/mol. The zero-order chi connectivity index (χ0) is 21.0. The third-order valence-corrected chi connectivity index (χ3v) is 5.99. The fourth-order valence-corrected chi connectivity index (χ4v) is 4.41. The number of nitrogens with one attached hydrogen (secondary N) is 2. The van der Waals surface area contributed by atoms with Crippen LogP contribution in [-0.2, 0) is 4.79 Å². The Morgan fingerprint density at radius 2 is 2.10 bits per heavy atom. The van der Waals surface area contributed by atoms with Crippen molar-refractivity contribution in [3.8, 4) is 0 Å². The standard InChI is InChI=1S/C23H32N4O2/c1-4-20(28)26-17-6-5-13-27(14-17)19-12-11-18(23(24)29)22(25-3)21(19)16-9-7-15(2)8-10-16/h4,9,11-12,15,17,25H,1,5-8,10,13-14H2,2-3H3,(H2,24,29)(H,26,28). The number of rotatable bonds is 6. The molecule has 0 bridgehead atoms. The molecule has 0 saturated carbocycles. The first-order valence-corrected chi connectivity index (χ1v) is 10.5. The Hall–Kier alpha value is -2.76. The summed E-state index contributed by atoms with van der Waals surface area (Å²) in [5.41, 5.74) is 10.4. The lowest BCUT2D eigenvalue weighted by Gasteiger charge is -2.37. The molecule has 2 unspecified atom stereocenters. The summed E-state index contributed by atoms with van der Waals surface area (Å²) in [5, 5.41) is 6.26. The summed E-state index contributed by atoms with van der Waals surface area (Å²) in [7, 11) is 1.84. The molecule has 2 aliphatic rings. The van der Waals surface area contributed by atoms with Gasteiger partial charge in [0.05, 0.1) is 11.3 Å². The van der Waals surface area contributed by atoms with Gasteiger partial charge in [-0.05, 0) is 61.8 Å². The third kappa shape index (κ3) is 4.63. The summed E-state index contributed by atoms with van der Waals surface area (Å²) in [4.78, 5) is 26.1. The number of carbonyl (C=O) groups excluding carboxylic acids is 2. The lowest BCUT2D eigenvalue weighted by atomic mass is 9.85. The van der Waals surface area contributed by atoms with Crippen molar-refractivity contribution in [2.24, 2.45) is 11.7 Å². The van der Waals surface area contributed by atoms with Crippen LogP contribution in [0.4, 0.5) is 11.4 Å². The molecule has 0 aromatic heterocycles. The molecule has 4 N–H and O–H groups in total. The van der Waals surface area contributed by atoms with Crippen LogP contribution in [0, 0.1) is 5.92 Å². The first-order chi connectivity index (χ1) is 13.9. The smallest absolute Gasteiger partial charge is 0.250 e. The predicted octanol–water partition coefficient (Wildman–Crippen LogP) is 3.30. The van der Waals surface area contributed by atoms with Gasteiger partial charge in [0.25, 0.3) is 5.91 Å². The Labute approximate surface area is 173 Å². The molecule has 156 valence electrons. The van der Waals surface area contributed by atoms with Crippen molar-refractivity contribution in [1.29, 1.82) is 0 Å². The molecule has 1 heterocycles. The second-order valence-corrected chi connectivity index (χ2v) is 8.10. The van der Waals surface area contributed by atoms with E-state index in [0.29, 0.717) is 11.5 Å². The van der Waals surface area contributed by atoms with E-state index in [1.807, 2.05) is 19.2 Å². The molecule has 3 rings (SSSR count). The maximum Gasteiger partial charge on any atom is 0.250 e. The van der Waals surface area contributed by atoms with Gasteiger partial charge < -0.3 is 21.3 Å². The lowest BCUT2D eigenvalue weighted by molar-refractivity contribution is -0.117. The Balaban J connectivity index is 2.02. The zero-order valence-corrected chi connectivity index (χ0v) is 17.5. The van der Waals surface area contributed by atoms with Crippen molar-refractivity contribution >= 4 is 28.8 Å². The molecule has 1 saturated heterocycles.